The molecule has 0 bridgehead atoms. The monoisotopic (exact) mass is 250 g/mol. The number of Topliss-reactive ketones (excluding diaryl/α,β-unsaturated/α-hetero) is 1. The lowest BCUT2D eigenvalue weighted by molar-refractivity contribution is -0.121. The zero-order valence-electron chi connectivity index (χ0n) is 9.91. The van der Waals surface area contributed by atoms with Gasteiger partial charge in [0.25, 0.3) is 0 Å². The Morgan fingerprint density at radius 1 is 1.33 bits per heavy atom. The fraction of sp³-hybridized carbons (Fsp3) is 0.385. The molecule has 0 heterocycles. The SMILES string of the molecule is Nc1cc(C(=O)CCC(=O)NC2CC2)ccc1F. The van der Waals surface area contributed by atoms with Crippen molar-refractivity contribution in [2.45, 2.75) is 31.7 Å². The normalized spacial score (nSPS) is 14.3. The maximum Gasteiger partial charge on any atom is 0.220 e. The van der Waals surface area contributed by atoms with Crippen LogP contribution in [-0.2, 0) is 4.79 Å². The number of anilines is 1. The number of amides is 1. The number of ketones is 1. The minimum atomic E-state index is -0.543. The molecular weight excluding hydrogens is 235 g/mol. The zero-order valence-corrected chi connectivity index (χ0v) is 9.91. The Morgan fingerprint density at radius 2 is 2.06 bits per heavy atom. The Bertz CT molecular complexity index is 484. The summed E-state index contributed by atoms with van der Waals surface area (Å²) >= 11 is 0. The molecule has 0 radical (unpaired) electrons. The summed E-state index contributed by atoms with van der Waals surface area (Å²) in [5.74, 6) is -0.855. The number of rotatable bonds is 5. The van der Waals surface area contributed by atoms with Gasteiger partial charge >= 0.3 is 0 Å². The number of carbonyl (C=O) groups excluding carboxylic acids is 2. The summed E-state index contributed by atoms with van der Waals surface area (Å²) in [5.41, 5.74) is 5.67. The first-order valence-corrected chi connectivity index (χ1v) is 5.94. The molecule has 3 N–H and O–H groups in total. The summed E-state index contributed by atoms with van der Waals surface area (Å²) in [5, 5.41) is 2.81. The molecular formula is C13H15FN2O2. The van der Waals surface area contributed by atoms with E-state index in [1.807, 2.05) is 0 Å². The maximum absolute atomic E-state index is 12.9. The van der Waals surface area contributed by atoms with Gasteiger partial charge in [-0.25, -0.2) is 4.39 Å². The molecule has 1 aliphatic carbocycles. The Hall–Kier alpha value is -1.91. The van der Waals surface area contributed by atoms with E-state index >= 15 is 0 Å². The maximum atomic E-state index is 12.9. The molecule has 4 nitrogen and oxygen atoms in total. The highest BCUT2D eigenvalue weighted by atomic mass is 19.1. The van der Waals surface area contributed by atoms with Gasteiger partial charge in [0.1, 0.15) is 5.82 Å². The molecule has 2 rings (SSSR count). The molecule has 1 aromatic carbocycles. The van der Waals surface area contributed by atoms with E-state index in [2.05, 4.69) is 5.32 Å². The topological polar surface area (TPSA) is 72.2 Å². The molecule has 5 heteroatoms. The smallest absolute Gasteiger partial charge is 0.220 e. The van der Waals surface area contributed by atoms with Crippen LogP contribution in [0.25, 0.3) is 0 Å². The van der Waals surface area contributed by atoms with Crippen LogP contribution in [0.5, 0.6) is 0 Å². The fourth-order valence-electron chi connectivity index (χ4n) is 1.62. The molecule has 1 saturated carbocycles. The van der Waals surface area contributed by atoms with Crippen LogP contribution in [0, 0.1) is 5.82 Å². The number of nitrogen functional groups attached to an aromatic ring is 1. The lowest BCUT2D eigenvalue weighted by Gasteiger charge is -2.04. The van der Waals surface area contributed by atoms with Gasteiger partial charge in [-0.2, -0.15) is 0 Å². The van der Waals surface area contributed by atoms with E-state index < -0.39 is 5.82 Å². The number of nitrogens with one attached hydrogen (secondary N) is 1. The van der Waals surface area contributed by atoms with Crippen LogP contribution in [0.4, 0.5) is 10.1 Å². The molecule has 18 heavy (non-hydrogen) atoms. The Morgan fingerprint density at radius 3 is 2.67 bits per heavy atom. The molecule has 0 saturated heterocycles. The lowest BCUT2D eigenvalue weighted by Crippen LogP contribution is -2.25. The van der Waals surface area contributed by atoms with Crippen LogP contribution < -0.4 is 11.1 Å². The van der Waals surface area contributed by atoms with Crippen LogP contribution >= 0.6 is 0 Å². The van der Waals surface area contributed by atoms with Crippen molar-refractivity contribution in [1.82, 2.24) is 5.32 Å². The number of halogens is 1. The van der Waals surface area contributed by atoms with Gasteiger partial charge in [-0.15, -0.1) is 0 Å². The highest BCUT2D eigenvalue weighted by Gasteiger charge is 2.23. The van der Waals surface area contributed by atoms with E-state index in [1.165, 1.54) is 12.1 Å². The highest BCUT2D eigenvalue weighted by Crippen LogP contribution is 2.19. The summed E-state index contributed by atoms with van der Waals surface area (Å²) in [6.45, 7) is 0. The summed E-state index contributed by atoms with van der Waals surface area (Å²) in [7, 11) is 0. The number of hydrogen-bond donors (Lipinski definition) is 2. The quantitative estimate of drug-likeness (QED) is 0.616. The summed E-state index contributed by atoms with van der Waals surface area (Å²) in [6, 6.07) is 4.14. The van der Waals surface area contributed by atoms with Crippen LogP contribution in [0.15, 0.2) is 18.2 Å². The third kappa shape index (κ3) is 3.29. The predicted molar refractivity (Wildman–Crippen MR) is 65.5 cm³/mol. The molecule has 1 aliphatic rings. The summed E-state index contributed by atoms with van der Waals surface area (Å²) in [6.07, 6.45) is 2.32. The van der Waals surface area contributed by atoms with Gasteiger partial charge in [0.2, 0.25) is 5.91 Å². The average Bonchev–Trinajstić information content (AvgIpc) is 3.13. The molecule has 1 amide bonds. The van der Waals surface area contributed by atoms with Crippen LogP contribution in [-0.4, -0.2) is 17.7 Å². The second-order valence-corrected chi connectivity index (χ2v) is 4.50. The third-order valence-corrected chi connectivity index (χ3v) is 2.84. The molecule has 96 valence electrons. The number of benzene rings is 1. The summed E-state index contributed by atoms with van der Waals surface area (Å²) < 4.78 is 12.9. The number of hydrogen-bond acceptors (Lipinski definition) is 3. The molecule has 1 aromatic rings. The summed E-state index contributed by atoms with van der Waals surface area (Å²) in [4.78, 5) is 23.2. The van der Waals surface area contributed by atoms with E-state index in [1.54, 1.807) is 0 Å². The zero-order chi connectivity index (χ0) is 13.1. The minimum Gasteiger partial charge on any atom is -0.396 e. The van der Waals surface area contributed by atoms with Crippen molar-refractivity contribution < 1.29 is 14.0 Å². The number of carbonyl (C=O) groups is 2. The molecule has 1 fully saturated rings. The van der Waals surface area contributed by atoms with E-state index in [0.29, 0.717) is 11.6 Å². The van der Waals surface area contributed by atoms with Crippen molar-refractivity contribution in [3.8, 4) is 0 Å². The van der Waals surface area contributed by atoms with Gasteiger partial charge in [-0.05, 0) is 31.0 Å². The second-order valence-electron chi connectivity index (χ2n) is 4.50. The van der Waals surface area contributed by atoms with Gasteiger partial charge in [-0.1, -0.05) is 0 Å². The largest absolute Gasteiger partial charge is 0.396 e. The standard InChI is InChI=1S/C13H15FN2O2/c14-10-4-1-8(7-11(10)15)12(17)5-6-13(18)16-9-2-3-9/h1,4,7,9H,2-3,5-6,15H2,(H,16,18). The predicted octanol–water partition coefficient (Wildman–Crippen LogP) is 1.65. The van der Waals surface area contributed by atoms with Crippen LogP contribution in [0.3, 0.4) is 0 Å². The molecule has 0 aliphatic heterocycles. The molecule has 0 aromatic heterocycles. The molecule has 0 atom stereocenters. The first kappa shape index (κ1) is 12.5. The van der Waals surface area contributed by atoms with E-state index in [-0.39, 0.29) is 30.2 Å². The Kier molecular flexibility index (Phi) is 3.60. The van der Waals surface area contributed by atoms with Crippen molar-refractivity contribution >= 4 is 17.4 Å². The third-order valence-electron chi connectivity index (χ3n) is 2.84. The van der Waals surface area contributed by atoms with E-state index in [9.17, 15) is 14.0 Å². The van der Waals surface area contributed by atoms with Crippen molar-refractivity contribution in [1.29, 1.82) is 0 Å². The van der Waals surface area contributed by atoms with Gasteiger partial charge in [-0.3, -0.25) is 9.59 Å². The molecule has 0 unspecified atom stereocenters. The van der Waals surface area contributed by atoms with E-state index in [4.69, 9.17) is 5.73 Å². The minimum absolute atomic E-state index is 0.0525. The molecule has 0 spiro atoms. The lowest BCUT2D eigenvalue weighted by atomic mass is 10.1. The second kappa shape index (κ2) is 5.16. The van der Waals surface area contributed by atoms with Crippen molar-refractivity contribution in [2.75, 3.05) is 5.73 Å². The van der Waals surface area contributed by atoms with Crippen molar-refractivity contribution in [2.24, 2.45) is 0 Å². The van der Waals surface area contributed by atoms with Gasteiger partial charge in [0, 0.05) is 24.4 Å². The van der Waals surface area contributed by atoms with Gasteiger partial charge < -0.3 is 11.1 Å². The van der Waals surface area contributed by atoms with Crippen molar-refractivity contribution in [3.63, 3.8) is 0 Å². The van der Waals surface area contributed by atoms with E-state index in [0.717, 1.165) is 18.9 Å². The average molecular weight is 250 g/mol. The van der Waals surface area contributed by atoms with Crippen LogP contribution in [0.2, 0.25) is 0 Å². The van der Waals surface area contributed by atoms with Gasteiger partial charge in [0.05, 0.1) is 5.69 Å². The number of nitrogens with two attached hydrogens (primary N) is 1. The first-order chi connectivity index (χ1) is 8.56. The fourth-order valence-corrected chi connectivity index (χ4v) is 1.62. The first-order valence-electron chi connectivity index (χ1n) is 5.94. The van der Waals surface area contributed by atoms with Gasteiger partial charge in [0.15, 0.2) is 5.78 Å². The Labute approximate surface area is 104 Å². The highest BCUT2D eigenvalue weighted by molar-refractivity contribution is 5.98. The van der Waals surface area contributed by atoms with Crippen LogP contribution in [0.1, 0.15) is 36.0 Å². The Balaban J connectivity index is 1.86. The van der Waals surface area contributed by atoms with Crippen molar-refractivity contribution in [3.05, 3.63) is 29.6 Å².